The summed E-state index contributed by atoms with van der Waals surface area (Å²) in [4.78, 5) is 31.7. The number of carbonyl (C=O) groups is 1. The molecule has 0 radical (unpaired) electrons. The zero-order valence-electron chi connectivity index (χ0n) is 17.2. The molecule has 0 saturated heterocycles. The summed E-state index contributed by atoms with van der Waals surface area (Å²) < 4.78 is 14.0. The lowest BCUT2D eigenvalue weighted by atomic mass is 10.2. The molecule has 1 amide bonds. The molecular weight excluding hydrogens is 435 g/mol. The lowest BCUT2D eigenvalue weighted by Crippen LogP contribution is -2.07. The zero-order chi connectivity index (χ0) is 24.0. The number of benzene rings is 3. The SMILES string of the molecule is CC(=O)Nc1cc(NCc2ccccc2)ccc1/N=N/c1cc(F)c([N+](=O)[O-])cc1[N+](=O)[O-]. The van der Waals surface area contributed by atoms with Crippen LogP contribution in [0.2, 0.25) is 0 Å². The Balaban J connectivity index is 1.92. The van der Waals surface area contributed by atoms with Crippen molar-refractivity contribution in [1.29, 1.82) is 0 Å². The molecule has 12 heteroatoms. The van der Waals surface area contributed by atoms with Gasteiger partial charge in [-0.15, -0.1) is 10.2 Å². The normalized spacial score (nSPS) is 10.7. The van der Waals surface area contributed by atoms with E-state index in [2.05, 4.69) is 20.9 Å². The van der Waals surface area contributed by atoms with E-state index in [1.54, 1.807) is 12.1 Å². The van der Waals surface area contributed by atoms with Crippen molar-refractivity contribution in [2.24, 2.45) is 10.2 Å². The van der Waals surface area contributed by atoms with Gasteiger partial charge < -0.3 is 10.6 Å². The molecule has 3 aromatic rings. The van der Waals surface area contributed by atoms with Crippen molar-refractivity contribution in [2.75, 3.05) is 10.6 Å². The number of nitrogens with zero attached hydrogens (tertiary/aromatic N) is 4. The monoisotopic (exact) mass is 452 g/mol. The first-order chi connectivity index (χ1) is 15.7. The second kappa shape index (κ2) is 10.0. The van der Waals surface area contributed by atoms with E-state index in [0.29, 0.717) is 24.4 Å². The summed E-state index contributed by atoms with van der Waals surface area (Å²) in [6.45, 7) is 1.82. The molecule has 0 aromatic heterocycles. The molecule has 0 aliphatic carbocycles. The summed E-state index contributed by atoms with van der Waals surface area (Å²) in [5.41, 5.74) is -0.243. The van der Waals surface area contributed by atoms with Gasteiger partial charge in [0.2, 0.25) is 11.7 Å². The second-order valence-electron chi connectivity index (χ2n) is 6.76. The maximum atomic E-state index is 14.0. The molecule has 3 aromatic carbocycles. The molecular formula is C21H17FN6O5. The molecule has 2 N–H and O–H groups in total. The van der Waals surface area contributed by atoms with Crippen LogP contribution in [0, 0.1) is 26.0 Å². The zero-order valence-corrected chi connectivity index (χ0v) is 17.2. The molecule has 0 heterocycles. The summed E-state index contributed by atoms with van der Waals surface area (Å²) in [5.74, 6) is -1.68. The molecule has 0 bridgehead atoms. The van der Waals surface area contributed by atoms with Crippen LogP contribution >= 0.6 is 0 Å². The summed E-state index contributed by atoms with van der Waals surface area (Å²) in [6.07, 6.45) is 0. The fourth-order valence-electron chi connectivity index (χ4n) is 2.84. The molecule has 33 heavy (non-hydrogen) atoms. The topological polar surface area (TPSA) is 152 Å². The summed E-state index contributed by atoms with van der Waals surface area (Å²) in [6, 6.07) is 15.4. The van der Waals surface area contributed by atoms with E-state index in [-0.39, 0.29) is 17.3 Å². The number of nitro benzene ring substituents is 2. The van der Waals surface area contributed by atoms with Crippen molar-refractivity contribution in [3.63, 3.8) is 0 Å². The Kier molecular flexibility index (Phi) is 6.98. The van der Waals surface area contributed by atoms with Gasteiger partial charge in [0, 0.05) is 25.2 Å². The number of amides is 1. The minimum Gasteiger partial charge on any atom is -0.381 e. The maximum Gasteiger partial charge on any atom is 0.311 e. The summed E-state index contributed by atoms with van der Waals surface area (Å²) >= 11 is 0. The third-order valence-electron chi connectivity index (χ3n) is 4.35. The van der Waals surface area contributed by atoms with E-state index in [0.717, 1.165) is 5.56 Å². The third-order valence-corrected chi connectivity index (χ3v) is 4.35. The van der Waals surface area contributed by atoms with Gasteiger partial charge in [0.1, 0.15) is 5.69 Å². The van der Waals surface area contributed by atoms with Crippen LogP contribution in [0.5, 0.6) is 0 Å². The van der Waals surface area contributed by atoms with Gasteiger partial charge in [0.05, 0.1) is 21.6 Å². The lowest BCUT2D eigenvalue weighted by Gasteiger charge is -2.11. The molecule has 0 spiro atoms. The van der Waals surface area contributed by atoms with Crippen LogP contribution < -0.4 is 10.6 Å². The van der Waals surface area contributed by atoms with Gasteiger partial charge in [0.25, 0.3) is 0 Å². The molecule has 3 rings (SSSR count). The average Bonchev–Trinajstić information content (AvgIpc) is 2.77. The highest BCUT2D eigenvalue weighted by Crippen LogP contribution is 2.36. The molecule has 0 aliphatic rings. The van der Waals surface area contributed by atoms with Crippen molar-refractivity contribution in [2.45, 2.75) is 13.5 Å². The number of rotatable bonds is 8. The number of halogens is 1. The van der Waals surface area contributed by atoms with Crippen LogP contribution in [-0.2, 0) is 11.3 Å². The van der Waals surface area contributed by atoms with Gasteiger partial charge in [-0.25, -0.2) is 0 Å². The molecule has 168 valence electrons. The highest BCUT2D eigenvalue weighted by Gasteiger charge is 2.25. The van der Waals surface area contributed by atoms with Crippen LogP contribution in [-0.4, -0.2) is 15.8 Å². The smallest absolute Gasteiger partial charge is 0.311 e. The predicted octanol–water partition coefficient (Wildman–Crippen LogP) is 5.63. The molecule has 0 saturated carbocycles. The Bertz CT molecular complexity index is 1250. The quantitative estimate of drug-likeness (QED) is 0.257. The van der Waals surface area contributed by atoms with Crippen LogP contribution in [0.1, 0.15) is 12.5 Å². The van der Waals surface area contributed by atoms with Gasteiger partial charge in [-0.1, -0.05) is 30.3 Å². The summed E-state index contributed by atoms with van der Waals surface area (Å²) in [7, 11) is 0. The van der Waals surface area contributed by atoms with Gasteiger partial charge in [0.15, 0.2) is 5.69 Å². The number of nitro groups is 2. The minimum absolute atomic E-state index is 0.142. The number of nitrogens with one attached hydrogen (secondary N) is 2. The number of anilines is 2. The fourth-order valence-corrected chi connectivity index (χ4v) is 2.84. The number of azo groups is 1. The first-order valence-electron chi connectivity index (χ1n) is 9.48. The Hall–Kier alpha value is -4.74. The highest BCUT2D eigenvalue weighted by atomic mass is 19.1. The van der Waals surface area contributed by atoms with Crippen molar-refractivity contribution >= 4 is 40.0 Å². The minimum atomic E-state index is -1.29. The summed E-state index contributed by atoms with van der Waals surface area (Å²) in [5, 5.41) is 35.5. The fraction of sp³-hybridized carbons (Fsp3) is 0.0952. The highest BCUT2D eigenvalue weighted by molar-refractivity contribution is 5.92. The van der Waals surface area contributed by atoms with Gasteiger partial charge >= 0.3 is 11.4 Å². The van der Waals surface area contributed by atoms with Crippen molar-refractivity contribution in [1.82, 2.24) is 0 Å². The maximum absolute atomic E-state index is 14.0. The van der Waals surface area contributed by atoms with Crippen molar-refractivity contribution in [3.05, 3.63) is 92.3 Å². The van der Waals surface area contributed by atoms with Crippen LogP contribution in [0.3, 0.4) is 0 Å². The molecule has 0 aliphatic heterocycles. The van der Waals surface area contributed by atoms with Gasteiger partial charge in [-0.05, 0) is 23.8 Å². The van der Waals surface area contributed by atoms with Gasteiger partial charge in [-0.2, -0.15) is 4.39 Å². The molecule has 0 unspecified atom stereocenters. The number of hydrogen-bond acceptors (Lipinski definition) is 8. The second-order valence-corrected chi connectivity index (χ2v) is 6.76. The van der Waals surface area contributed by atoms with E-state index < -0.39 is 32.7 Å². The molecule has 11 nitrogen and oxygen atoms in total. The van der Waals surface area contributed by atoms with E-state index in [1.807, 2.05) is 30.3 Å². The van der Waals surface area contributed by atoms with Gasteiger partial charge in [-0.3, -0.25) is 25.0 Å². The lowest BCUT2D eigenvalue weighted by molar-refractivity contribution is -0.395. The predicted molar refractivity (Wildman–Crippen MR) is 118 cm³/mol. The molecule has 0 atom stereocenters. The number of hydrogen-bond donors (Lipinski definition) is 2. The Morgan fingerprint density at radius 3 is 2.24 bits per heavy atom. The third kappa shape index (κ3) is 5.91. The first-order valence-corrected chi connectivity index (χ1v) is 9.48. The van der Waals surface area contributed by atoms with Crippen LogP contribution in [0.15, 0.2) is 70.9 Å². The Morgan fingerprint density at radius 1 is 0.939 bits per heavy atom. The number of carbonyl (C=O) groups excluding carboxylic acids is 1. The van der Waals surface area contributed by atoms with Crippen molar-refractivity contribution in [3.8, 4) is 0 Å². The molecule has 0 fully saturated rings. The first kappa shape index (κ1) is 22.9. The van der Waals surface area contributed by atoms with E-state index in [1.165, 1.54) is 13.0 Å². The Morgan fingerprint density at radius 2 is 1.61 bits per heavy atom. The van der Waals surface area contributed by atoms with E-state index >= 15 is 0 Å². The largest absolute Gasteiger partial charge is 0.381 e. The van der Waals surface area contributed by atoms with E-state index in [4.69, 9.17) is 0 Å². The van der Waals surface area contributed by atoms with Crippen molar-refractivity contribution < 1.29 is 19.0 Å². The standard InChI is InChI=1S/C21H17FN6O5/c1-13(29)24-18-9-15(23-12-14-5-3-2-4-6-14)7-8-17(18)25-26-19-10-16(22)20(27(30)31)11-21(19)28(32)33/h2-11,23H,12H2,1H3,(H,24,29)/b26-25+. The van der Waals surface area contributed by atoms with E-state index in [9.17, 15) is 29.4 Å². The Labute approximate surface area is 186 Å². The van der Waals surface area contributed by atoms with Crippen LogP contribution in [0.25, 0.3) is 0 Å². The van der Waals surface area contributed by atoms with Crippen LogP contribution in [0.4, 0.5) is 38.5 Å². The average molecular weight is 452 g/mol.